The first-order chi connectivity index (χ1) is 13.1. The van der Waals surface area contributed by atoms with Gasteiger partial charge in [0.15, 0.2) is 17.2 Å². The van der Waals surface area contributed by atoms with Gasteiger partial charge in [-0.25, -0.2) is 9.07 Å². The fraction of sp³-hybridized carbons (Fsp3) is 0.143. The first-order valence-corrected chi connectivity index (χ1v) is 8.68. The number of nitrogens with one attached hydrogen (secondary N) is 1. The molecular formula is C21H18FN3O2. The van der Waals surface area contributed by atoms with Crippen LogP contribution in [0.25, 0.3) is 16.7 Å². The molecule has 5 nitrogen and oxygen atoms in total. The zero-order valence-electron chi connectivity index (χ0n) is 14.8. The first-order valence-electron chi connectivity index (χ1n) is 8.68. The van der Waals surface area contributed by atoms with Gasteiger partial charge in [-0.15, -0.1) is 0 Å². The Morgan fingerprint density at radius 2 is 2.00 bits per heavy atom. The maximum absolute atomic E-state index is 13.8. The van der Waals surface area contributed by atoms with E-state index in [4.69, 9.17) is 4.42 Å². The van der Waals surface area contributed by atoms with Gasteiger partial charge in [-0.1, -0.05) is 30.3 Å². The fourth-order valence-electron chi connectivity index (χ4n) is 3.04. The topological polar surface area (TPSA) is 60.1 Å². The van der Waals surface area contributed by atoms with Crippen LogP contribution in [0.4, 0.5) is 4.39 Å². The molecule has 0 radical (unpaired) electrons. The lowest BCUT2D eigenvalue weighted by molar-refractivity contribution is 0.0927. The van der Waals surface area contributed by atoms with Crippen LogP contribution in [0.3, 0.4) is 0 Å². The number of carbonyl (C=O) groups is 1. The normalized spacial score (nSPS) is 11.0. The van der Waals surface area contributed by atoms with E-state index in [9.17, 15) is 9.18 Å². The van der Waals surface area contributed by atoms with Crippen molar-refractivity contribution in [2.24, 2.45) is 0 Å². The average Bonchev–Trinajstić information content (AvgIpc) is 3.29. The second kappa shape index (κ2) is 7.07. The monoisotopic (exact) mass is 363 g/mol. The molecule has 1 amide bonds. The number of rotatable bonds is 5. The number of furan rings is 1. The van der Waals surface area contributed by atoms with Gasteiger partial charge in [-0.2, -0.15) is 5.10 Å². The van der Waals surface area contributed by atoms with Crippen LogP contribution >= 0.6 is 0 Å². The molecular weight excluding hydrogens is 345 g/mol. The highest BCUT2D eigenvalue weighted by molar-refractivity contribution is 5.99. The maximum Gasteiger partial charge on any atom is 0.287 e. The summed E-state index contributed by atoms with van der Waals surface area (Å²) < 4.78 is 21.1. The van der Waals surface area contributed by atoms with E-state index < -0.39 is 5.82 Å². The van der Waals surface area contributed by atoms with Gasteiger partial charge in [0.2, 0.25) is 0 Å². The number of benzene rings is 2. The summed E-state index contributed by atoms with van der Waals surface area (Å²) in [6.45, 7) is 2.18. The highest BCUT2D eigenvalue weighted by Gasteiger charge is 2.19. The van der Waals surface area contributed by atoms with Crippen LogP contribution in [-0.2, 0) is 6.42 Å². The quantitative estimate of drug-likeness (QED) is 0.582. The van der Waals surface area contributed by atoms with E-state index in [0.29, 0.717) is 23.9 Å². The SMILES string of the molecule is Cc1c(C(=O)NCCc2cnn(-c3ccccc3)c2)oc2c(F)cccc12. The molecule has 0 fully saturated rings. The number of aromatic nitrogens is 2. The molecule has 2 aromatic heterocycles. The Hall–Kier alpha value is -3.41. The third kappa shape index (κ3) is 3.33. The van der Waals surface area contributed by atoms with Crippen molar-refractivity contribution in [3.8, 4) is 5.69 Å². The van der Waals surface area contributed by atoms with Crippen molar-refractivity contribution in [3.63, 3.8) is 0 Å². The lowest BCUT2D eigenvalue weighted by Gasteiger charge is -2.03. The zero-order chi connectivity index (χ0) is 18.8. The molecule has 0 atom stereocenters. The molecule has 0 saturated heterocycles. The highest BCUT2D eigenvalue weighted by Crippen LogP contribution is 2.27. The number of nitrogens with zero attached hydrogens (tertiary/aromatic N) is 2. The standard InChI is InChI=1S/C21H18FN3O2/c1-14-17-8-5-9-18(22)20(17)27-19(14)21(26)23-11-10-15-12-24-25(13-15)16-6-3-2-4-7-16/h2-9,12-13H,10-11H2,1H3,(H,23,26). The lowest BCUT2D eigenvalue weighted by atomic mass is 10.1. The summed E-state index contributed by atoms with van der Waals surface area (Å²) in [4.78, 5) is 12.4. The van der Waals surface area contributed by atoms with E-state index in [0.717, 1.165) is 11.3 Å². The van der Waals surface area contributed by atoms with E-state index in [2.05, 4.69) is 10.4 Å². The minimum atomic E-state index is -0.469. The minimum absolute atomic E-state index is 0.115. The maximum atomic E-state index is 13.8. The third-order valence-electron chi connectivity index (χ3n) is 4.48. The molecule has 2 heterocycles. The van der Waals surface area contributed by atoms with Crippen LogP contribution in [0.1, 0.15) is 21.7 Å². The molecule has 0 aliphatic carbocycles. The summed E-state index contributed by atoms with van der Waals surface area (Å²) >= 11 is 0. The molecule has 136 valence electrons. The van der Waals surface area contributed by atoms with E-state index >= 15 is 0 Å². The Kier molecular flexibility index (Phi) is 4.46. The van der Waals surface area contributed by atoms with Gasteiger partial charge in [0.25, 0.3) is 5.91 Å². The molecule has 0 saturated carbocycles. The number of amides is 1. The molecule has 0 bridgehead atoms. The third-order valence-corrected chi connectivity index (χ3v) is 4.48. The summed E-state index contributed by atoms with van der Waals surface area (Å²) in [7, 11) is 0. The average molecular weight is 363 g/mol. The zero-order valence-corrected chi connectivity index (χ0v) is 14.8. The molecule has 0 aliphatic rings. The largest absolute Gasteiger partial charge is 0.448 e. The Balaban J connectivity index is 1.41. The van der Waals surface area contributed by atoms with E-state index in [1.807, 2.05) is 36.5 Å². The smallest absolute Gasteiger partial charge is 0.287 e. The van der Waals surface area contributed by atoms with Crippen LogP contribution in [0.2, 0.25) is 0 Å². The van der Waals surface area contributed by atoms with Gasteiger partial charge in [0, 0.05) is 23.7 Å². The molecule has 4 rings (SSSR count). The molecule has 27 heavy (non-hydrogen) atoms. The van der Waals surface area contributed by atoms with Gasteiger partial charge in [-0.3, -0.25) is 4.79 Å². The van der Waals surface area contributed by atoms with Crippen molar-refractivity contribution in [1.82, 2.24) is 15.1 Å². The summed E-state index contributed by atoms with van der Waals surface area (Å²) in [5, 5.41) is 7.78. The van der Waals surface area contributed by atoms with Crippen molar-refractivity contribution >= 4 is 16.9 Å². The Morgan fingerprint density at radius 3 is 2.78 bits per heavy atom. The minimum Gasteiger partial charge on any atom is -0.448 e. The van der Waals surface area contributed by atoms with Crippen LogP contribution < -0.4 is 5.32 Å². The second-order valence-electron chi connectivity index (χ2n) is 6.31. The van der Waals surface area contributed by atoms with Crippen molar-refractivity contribution in [1.29, 1.82) is 0 Å². The van der Waals surface area contributed by atoms with Gasteiger partial charge >= 0.3 is 0 Å². The van der Waals surface area contributed by atoms with Crippen LogP contribution in [0.15, 0.2) is 65.3 Å². The van der Waals surface area contributed by atoms with E-state index in [-0.39, 0.29) is 17.3 Å². The van der Waals surface area contributed by atoms with Crippen molar-refractivity contribution < 1.29 is 13.6 Å². The summed E-state index contributed by atoms with van der Waals surface area (Å²) in [6.07, 6.45) is 4.34. The summed E-state index contributed by atoms with van der Waals surface area (Å²) in [5.74, 6) is -0.670. The molecule has 0 spiro atoms. The Morgan fingerprint density at radius 1 is 1.19 bits per heavy atom. The lowest BCUT2D eigenvalue weighted by Crippen LogP contribution is -2.25. The summed E-state index contributed by atoms with van der Waals surface area (Å²) in [6, 6.07) is 14.5. The molecule has 1 N–H and O–H groups in total. The number of hydrogen-bond acceptors (Lipinski definition) is 3. The summed E-state index contributed by atoms with van der Waals surface area (Å²) in [5.41, 5.74) is 2.74. The van der Waals surface area contributed by atoms with Gasteiger partial charge in [-0.05, 0) is 37.1 Å². The van der Waals surface area contributed by atoms with E-state index in [1.165, 1.54) is 6.07 Å². The van der Waals surface area contributed by atoms with Crippen LogP contribution in [0.5, 0.6) is 0 Å². The number of aryl methyl sites for hydroxylation is 1. The Labute approximate surface area is 155 Å². The van der Waals surface area contributed by atoms with Gasteiger partial charge in [0.1, 0.15) is 0 Å². The molecule has 4 aromatic rings. The van der Waals surface area contributed by atoms with Crippen molar-refractivity contribution in [3.05, 3.63) is 83.6 Å². The number of hydrogen-bond donors (Lipinski definition) is 1. The predicted octanol–water partition coefficient (Wildman–Crippen LogP) is 4.04. The first kappa shape index (κ1) is 17.0. The predicted molar refractivity (Wildman–Crippen MR) is 101 cm³/mol. The van der Waals surface area contributed by atoms with E-state index in [1.54, 1.807) is 29.9 Å². The molecule has 6 heteroatoms. The Bertz CT molecular complexity index is 1100. The highest BCUT2D eigenvalue weighted by atomic mass is 19.1. The number of halogens is 1. The molecule has 2 aromatic carbocycles. The number of fused-ring (bicyclic) bond motifs is 1. The van der Waals surface area contributed by atoms with Crippen LogP contribution in [0, 0.1) is 12.7 Å². The van der Waals surface area contributed by atoms with Crippen LogP contribution in [-0.4, -0.2) is 22.2 Å². The van der Waals surface area contributed by atoms with Crippen molar-refractivity contribution in [2.75, 3.05) is 6.54 Å². The molecule has 0 unspecified atom stereocenters. The fourth-order valence-corrected chi connectivity index (χ4v) is 3.04. The molecule has 0 aliphatic heterocycles. The second-order valence-corrected chi connectivity index (χ2v) is 6.31. The number of para-hydroxylation sites is 2. The van der Waals surface area contributed by atoms with Gasteiger partial charge < -0.3 is 9.73 Å². The van der Waals surface area contributed by atoms with Crippen molar-refractivity contribution in [2.45, 2.75) is 13.3 Å². The van der Waals surface area contributed by atoms with Gasteiger partial charge in [0.05, 0.1) is 11.9 Å². The number of carbonyl (C=O) groups excluding carboxylic acids is 1.